The van der Waals surface area contributed by atoms with Crippen LogP contribution in [0.5, 0.6) is 0 Å². The Labute approximate surface area is 108 Å². The van der Waals surface area contributed by atoms with Crippen LogP contribution in [-0.4, -0.2) is 21.6 Å². The van der Waals surface area contributed by atoms with Crippen LogP contribution in [0.4, 0.5) is 4.79 Å². The molecule has 1 amide bonds. The minimum absolute atomic E-state index is 0.0471. The minimum atomic E-state index is -0.794. The first kappa shape index (κ1) is 13.9. The van der Waals surface area contributed by atoms with Crippen LogP contribution in [0.15, 0.2) is 17.4 Å². The summed E-state index contributed by atoms with van der Waals surface area (Å²) in [4.78, 5) is 15.1. The second-order valence-electron chi connectivity index (χ2n) is 4.27. The van der Waals surface area contributed by atoms with Gasteiger partial charge in [0.05, 0.1) is 22.4 Å². The number of aromatic nitrogens is 1. The molecule has 1 heterocycles. The van der Waals surface area contributed by atoms with Crippen molar-refractivity contribution < 1.29 is 14.7 Å². The molecule has 94 valence electrons. The maximum atomic E-state index is 11.4. The topological polar surface area (TPSA) is 63.8 Å². The van der Waals surface area contributed by atoms with Gasteiger partial charge < -0.3 is 9.94 Å². The van der Waals surface area contributed by atoms with Crippen LogP contribution < -0.4 is 5.36 Å². The van der Waals surface area contributed by atoms with Crippen molar-refractivity contribution >= 4 is 29.3 Å². The summed E-state index contributed by atoms with van der Waals surface area (Å²) in [5.74, 6) is 0. The fraction of sp³-hybridized carbons (Fsp3) is 0.400. The lowest BCUT2D eigenvalue weighted by molar-refractivity contribution is 0.0597. The molecule has 17 heavy (non-hydrogen) atoms. The Kier molecular flexibility index (Phi) is 4.06. The molecule has 0 fully saturated rings. The van der Waals surface area contributed by atoms with Crippen molar-refractivity contribution in [3.05, 3.63) is 27.8 Å². The van der Waals surface area contributed by atoms with E-state index in [0.717, 1.165) is 12.4 Å². The van der Waals surface area contributed by atoms with Crippen LogP contribution in [-0.2, 0) is 4.74 Å². The second-order valence-corrected chi connectivity index (χ2v) is 5.09. The third-order valence-corrected chi connectivity index (χ3v) is 2.09. The van der Waals surface area contributed by atoms with Crippen molar-refractivity contribution in [1.82, 2.24) is 4.73 Å². The number of amides is 1. The van der Waals surface area contributed by atoms with Gasteiger partial charge in [-0.3, -0.25) is 0 Å². The lowest BCUT2D eigenvalue weighted by Crippen LogP contribution is -2.23. The number of hydrogen-bond acceptors (Lipinski definition) is 3. The van der Waals surface area contributed by atoms with Gasteiger partial charge >= 0.3 is 6.09 Å². The van der Waals surface area contributed by atoms with Gasteiger partial charge in [-0.25, -0.2) is 4.79 Å². The molecule has 0 saturated heterocycles. The lowest BCUT2D eigenvalue weighted by Gasteiger charge is -2.17. The highest BCUT2D eigenvalue weighted by molar-refractivity contribution is 6.34. The first-order valence-corrected chi connectivity index (χ1v) is 5.49. The van der Waals surface area contributed by atoms with Crippen LogP contribution in [0.2, 0.25) is 10.0 Å². The maximum Gasteiger partial charge on any atom is 0.434 e. The van der Waals surface area contributed by atoms with Gasteiger partial charge in [0.2, 0.25) is 0 Å². The number of pyridine rings is 1. The third kappa shape index (κ3) is 4.28. The lowest BCUT2D eigenvalue weighted by atomic mass is 10.2. The van der Waals surface area contributed by atoms with Gasteiger partial charge in [0.15, 0.2) is 0 Å². The molecule has 1 aromatic rings. The summed E-state index contributed by atoms with van der Waals surface area (Å²) in [7, 11) is 0. The van der Waals surface area contributed by atoms with Crippen molar-refractivity contribution in [2.24, 2.45) is 4.99 Å². The molecule has 0 spiro atoms. The Hall–Kier alpha value is -1.20. The molecule has 5 nitrogen and oxygen atoms in total. The van der Waals surface area contributed by atoms with E-state index in [1.54, 1.807) is 20.8 Å². The quantitative estimate of drug-likeness (QED) is 0.743. The van der Waals surface area contributed by atoms with E-state index >= 15 is 0 Å². The number of hydrogen-bond donors (Lipinski definition) is 1. The predicted octanol–water partition coefficient (Wildman–Crippen LogP) is 2.87. The van der Waals surface area contributed by atoms with Crippen LogP contribution >= 0.6 is 23.2 Å². The first-order valence-electron chi connectivity index (χ1n) is 4.73. The molecule has 0 aliphatic rings. The molecular formula is C10H12Cl2N2O3. The summed E-state index contributed by atoms with van der Waals surface area (Å²) in [5, 5.41) is 9.29. The average molecular weight is 279 g/mol. The normalized spacial score (nSPS) is 11.1. The van der Waals surface area contributed by atoms with Crippen molar-refractivity contribution in [2.45, 2.75) is 26.4 Å². The van der Waals surface area contributed by atoms with Gasteiger partial charge in [-0.1, -0.05) is 23.2 Å². The molecule has 0 radical (unpaired) electrons. The SMILES string of the molecule is CC(C)(C)OC(=O)N=c1c(Cl)cn(O)cc1Cl. The molecule has 7 heteroatoms. The van der Waals surface area contributed by atoms with Gasteiger partial charge in [0.1, 0.15) is 11.0 Å². The minimum Gasteiger partial charge on any atom is -0.442 e. The van der Waals surface area contributed by atoms with Gasteiger partial charge in [0, 0.05) is 0 Å². The number of ether oxygens (including phenoxy) is 1. The van der Waals surface area contributed by atoms with Crippen LogP contribution in [0.25, 0.3) is 0 Å². The van der Waals surface area contributed by atoms with E-state index in [-0.39, 0.29) is 15.4 Å². The Morgan fingerprint density at radius 1 is 1.35 bits per heavy atom. The molecule has 0 aliphatic heterocycles. The molecule has 0 saturated carbocycles. The molecule has 0 aliphatic carbocycles. The van der Waals surface area contributed by atoms with E-state index in [1.165, 1.54) is 0 Å². The zero-order valence-corrected chi connectivity index (χ0v) is 11.1. The number of carbonyl (C=O) groups is 1. The van der Waals surface area contributed by atoms with Crippen LogP contribution in [0.3, 0.4) is 0 Å². The Bertz CT molecular complexity index is 477. The largest absolute Gasteiger partial charge is 0.442 e. The molecule has 1 aromatic heterocycles. The van der Waals surface area contributed by atoms with Gasteiger partial charge in [-0.2, -0.15) is 9.72 Å². The summed E-state index contributed by atoms with van der Waals surface area (Å²) >= 11 is 11.6. The zero-order valence-electron chi connectivity index (χ0n) is 9.57. The fourth-order valence-electron chi connectivity index (χ4n) is 0.989. The highest BCUT2D eigenvalue weighted by Crippen LogP contribution is 2.10. The van der Waals surface area contributed by atoms with Crippen molar-refractivity contribution in [3.8, 4) is 0 Å². The van der Waals surface area contributed by atoms with Crippen LogP contribution in [0.1, 0.15) is 20.8 Å². The van der Waals surface area contributed by atoms with E-state index in [1.807, 2.05) is 0 Å². The van der Waals surface area contributed by atoms with Crippen molar-refractivity contribution in [2.75, 3.05) is 0 Å². The number of rotatable bonds is 0. The van der Waals surface area contributed by atoms with E-state index in [2.05, 4.69) is 4.99 Å². The third-order valence-electron chi connectivity index (χ3n) is 1.54. The Balaban J connectivity index is 3.13. The maximum absolute atomic E-state index is 11.4. The van der Waals surface area contributed by atoms with E-state index in [9.17, 15) is 4.79 Å². The van der Waals surface area contributed by atoms with Crippen molar-refractivity contribution in [3.63, 3.8) is 0 Å². The molecule has 0 aromatic carbocycles. The highest BCUT2D eigenvalue weighted by atomic mass is 35.5. The van der Waals surface area contributed by atoms with Gasteiger partial charge in [-0.15, -0.1) is 0 Å². The van der Waals surface area contributed by atoms with E-state index in [0.29, 0.717) is 4.73 Å². The van der Waals surface area contributed by atoms with E-state index in [4.69, 9.17) is 33.1 Å². The van der Waals surface area contributed by atoms with E-state index < -0.39 is 11.7 Å². The smallest absolute Gasteiger partial charge is 0.434 e. The molecule has 0 bridgehead atoms. The summed E-state index contributed by atoms with van der Waals surface area (Å²) in [5.41, 5.74) is -0.648. The summed E-state index contributed by atoms with van der Waals surface area (Å²) in [6.07, 6.45) is 1.53. The highest BCUT2D eigenvalue weighted by Gasteiger charge is 2.16. The number of carbonyl (C=O) groups excluding carboxylic acids is 1. The number of nitrogens with zero attached hydrogens (tertiary/aromatic N) is 2. The van der Waals surface area contributed by atoms with Gasteiger partial charge in [-0.05, 0) is 20.8 Å². The Morgan fingerprint density at radius 3 is 2.24 bits per heavy atom. The zero-order chi connectivity index (χ0) is 13.2. The summed E-state index contributed by atoms with van der Waals surface area (Å²) in [6, 6.07) is 0. The standard InChI is InChI=1S/C10H12Cl2N2O3/c1-10(2,3)17-9(15)13-8-6(11)4-14(16)5-7(8)12/h4-5,16H,1-3H3. The molecule has 1 rings (SSSR count). The monoisotopic (exact) mass is 278 g/mol. The molecule has 0 atom stereocenters. The summed E-state index contributed by atoms with van der Waals surface area (Å²) in [6.45, 7) is 5.16. The Morgan fingerprint density at radius 2 is 1.82 bits per heavy atom. The average Bonchev–Trinajstić information content (AvgIpc) is 2.08. The van der Waals surface area contributed by atoms with Crippen LogP contribution in [0, 0.1) is 0 Å². The molecule has 1 N–H and O–H groups in total. The summed E-state index contributed by atoms with van der Waals surface area (Å²) < 4.78 is 5.67. The molecule has 0 unspecified atom stereocenters. The predicted molar refractivity (Wildman–Crippen MR) is 63.4 cm³/mol. The number of halogens is 2. The molecular weight excluding hydrogens is 267 g/mol. The first-order chi connectivity index (χ1) is 7.69. The fourth-order valence-corrected chi connectivity index (χ4v) is 1.53. The second kappa shape index (κ2) is 4.98. The van der Waals surface area contributed by atoms with Gasteiger partial charge in [0.25, 0.3) is 0 Å². The van der Waals surface area contributed by atoms with Crippen molar-refractivity contribution in [1.29, 1.82) is 0 Å².